The lowest BCUT2D eigenvalue weighted by Gasteiger charge is -1.90. The second kappa shape index (κ2) is 2.18. The Hall–Kier alpha value is -1.13. The molecular formula is C7H6N2OS. The number of hydrogen-bond donors (Lipinski definition) is 1. The SMILES string of the molecule is Nc1ccc2nc[s+]([O-])c2c1. The van der Waals surface area contributed by atoms with Crippen LogP contribution in [0.4, 0.5) is 5.69 Å². The lowest BCUT2D eigenvalue weighted by atomic mass is 10.3. The first-order valence-electron chi connectivity index (χ1n) is 3.12. The van der Waals surface area contributed by atoms with Crippen LogP contribution in [0.2, 0.25) is 0 Å². The number of thiazole rings is 1. The van der Waals surface area contributed by atoms with Crippen molar-refractivity contribution < 1.29 is 4.55 Å². The highest BCUT2D eigenvalue weighted by Crippen LogP contribution is 2.26. The molecule has 1 aromatic carbocycles. The maximum Gasteiger partial charge on any atom is 0.229 e. The first kappa shape index (κ1) is 6.57. The molecule has 11 heavy (non-hydrogen) atoms. The summed E-state index contributed by atoms with van der Waals surface area (Å²) >= 11 is 0. The predicted molar refractivity (Wildman–Crippen MR) is 44.8 cm³/mol. The first-order chi connectivity index (χ1) is 5.27. The fraction of sp³-hybridized carbons (Fsp3) is 0. The molecule has 56 valence electrons. The highest BCUT2D eigenvalue weighted by atomic mass is 32.2. The molecule has 0 aliphatic heterocycles. The van der Waals surface area contributed by atoms with Gasteiger partial charge in [-0.1, -0.05) is 0 Å². The average Bonchev–Trinajstić information content (AvgIpc) is 2.33. The third kappa shape index (κ3) is 0.961. The van der Waals surface area contributed by atoms with Gasteiger partial charge in [0.15, 0.2) is 0 Å². The first-order valence-corrected chi connectivity index (χ1v) is 4.33. The van der Waals surface area contributed by atoms with E-state index in [2.05, 4.69) is 4.98 Å². The minimum absolute atomic E-state index is 0.627. The van der Waals surface area contributed by atoms with Gasteiger partial charge in [-0.05, 0) is 22.9 Å². The summed E-state index contributed by atoms with van der Waals surface area (Å²) in [6.07, 6.45) is 0. The van der Waals surface area contributed by atoms with Gasteiger partial charge in [-0.2, -0.15) is 4.98 Å². The Morgan fingerprint density at radius 2 is 2.27 bits per heavy atom. The summed E-state index contributed by atoms with van der Waals surface area (Å²) in [5.74, 6) is 0. The molecule has 0 saturated heterocycles. The minimum atomic E-state index is -1.08. The summed E-state index contributed by atoms with van der Waals surface area (Å²) in [4.78, 5) is 3.94. The summed E-state index contributed by atoms with van der Waals surface area (Å²) in [6, 6.07) is 5.21. The highest BCUT2D eigenvalue weighted by molar-refractivity contribution is 7.29. The van der Waals surface area contributed by atoms with Crippen molar-refractivity contribution in [2.24, 2.45) is 0 Å². The van der Waals surface area contributed by atoms with Gasteiger partial charge in [0.25, 0.3) is 0 Å². The van der Waals surface area contributed by atoms with Crippen molar-refractivity contribution in [2.75, 3.05) is 5.73 Å². The molecule has 0 amide bonds. The van der Waals surface area contributed by atoms with E-state index in [-0.39, 0.29) is 0 Å². The highest BCUT2D eigenvalue weighted by Gasteiger charge is 2.05. The van der Waals surface area contributed by atoms with Crippen molar-refractivity contribution in [1.29, 1.82) is 0 Å². The van der Waals surface area contributed by atoms with Crippen molar-refractivity contribution in [3.8, 4) is 0 Å². The van der Waals surface area contributed by atoms with Gasteiger partial charge >= 0.3 is 0 Å². The molecule has 1 aromatic heterocycles. The molecule has 2 N–H and O–H groups in total. The Bertz CT molecular complexity index is 396. The number of nitrogen functional groups attached to an aromatic ring is 1. The van der Waals surface area contributed by atoms with Crippen molar-refractivity contribution >= 4 is 26.7 Å². The molecule has 2 aromatic rings. The van der Waals surface area contributed by atoms with Gasteiger partial charge < -0.3 is 10.3 Å². The van der Waals surface area contributed by atoms with Crippen molar-refractivity contribution in [2.45, 2.75) is 0 Å². The Morgan fingerprint density at radius 3 is 3.09 bits per heavy atom. The summed E-state index contributed by atoms with van der Waals surface area (Å²) in [5.41, 5.74) is 8.31. The second-order valence-corrected chi connectivity index (χ2v) is 3.50. The van der Waals surface area contributed by atoms with Gasteiger partial charge in [-0.15, -0.1) is 0 Å². The molecule has 3 nitrogen and oxygen atoms in total. The lowest BCUT2D eigenvalue weighted by Crippen LogP contribution is -1.81. The van der Waals surface area contributed by atoms with Gasteiger partial charge in [-0.3, -0.25) is 0 Å². The molecule has 4 heteroatoms. The van der Waals surface area contributed by atoms with Crippen LogP contribution >= 0.6 is 10.8 Å². The number of rotatable bonds is 0. The van der Waals surface area contributed by atoms with Crippen molar-refractivity contribution in [3.05, 3.63) is 23.7 Å². The molecule has 1 atom stereocenters. The van der Waals surface area contributed by atoms with Gasteiger partial charge in [0.2, 0.25) is 10.2 Å². The van der Waals surface area contributed by atoms with Gasteiger partial charge in [0.1, 0.15) is 5.52 Å². The van der Waals surface area contributed by atoms with E-state index in [4.69, 9.17) is 5.73 Å². The van der Waals surface area contributed by atoms with E-state index in [1.54, 1.807) is 18.2 Å². The molecule has 0 radical (unpaired) electrons. The molecule has 2 rings (SSSR count). The van der Waals surface area contributed by atoms with Gasteiger partial charge in [0, 0.05) is 11.8 Å². The number of nitrogens with zero attached hydrogens (tertiary/aromatic N) is 1. The molecule has 1 unspecified atom stereocenters. The van der Waals surface area contributed by atoms with Crippen LogP contribution in [-0.2, 0) is 0 Å². The molecule has 0 aliphatic carbocycles. The lowest BCUT2D eigenvalue weighted by molar-refractivity contribution is 0.599. The van der Waals surface area contributed by atoms with E-state index in [0.717, 1.165) is 5.52 Å². The molecule has 0 fully saturated rings. The number of hydrogen-bond acceptors (Lipinski definition) is 3. The Balaban J connectivity index is 2.87. The van der Waals surface area contributed by atoms with Crippen molar-refractivity contribution in [3.63, 3.8) is 0 Å². The van der Waals surface area contributed by atoms with Crippen LogP contribution in [0.15, 0.2) is 23.7 Å². The third-order valence-electron chi connectivity index (χ3n) is 1.49. The molecular weight excluding hydrogens is 160 g/mol. The number of fused-ring (bicyclic) bond motifs is 1. The van der Waals surface area contributed by atoms with Crippen LogP contribution in [0.25, 0.3) is 10.2 Å². The van der Waals surface area contributed by atoms with E-state index < -0.39 is 10.8 Å². The zero-order valence-electron chi connectivity index (χ0n) is 5.65. The Labute approximate surface area is 66.3 Å². The molecule has 0 spiro atoms. The maximum absolute atomic E-state index is 11.1. The van der Waals surface area contributed by atoms with Gasteiger partial charge in [0.05, 0.1) is 0 Å². The fourth-order valence-electron chi connectivity index (χ4n) is 0.960. The van der Waals surface area contributed by atoms with Crippen molar-refractivity contribution in [1.82, 2.24) is 4.98 Å². The minimum Gasteiger partial charge on any atom is -0.589 e. The van der Waals surface area contributed by atoms with Crippen LogP contribution in [0.3, 0.4) is 0 Å². The Kier molecular flexibility index (Phi) is 1.30. The zero-order valence-corrected chi connectivity index (χ0v) is 6.47. The van der Waals surface area contributed by atoms with Crippen LogP contribution in [0.5, 0.6) is 0 Å². The third-order valence-corrected chi connectivity index (χ3v) is 2.55. The number of anilines is 1. The molecule has 0 aliphatic rings. The largest absolute Gasteiger partial charge is 0.589 e. The molecule has 0 bridgehead atoms. The summed E-state index contributed by atoms with van der Waals surface area (Å²) in [5, 5.41) is 0. The monoisotopic (exact) mass is 166 g/mol. The van der Waals surface area contributed by atoms with Gasteiger partial charge in [-0.25, -0.2) is 0 Å². The summed E-state index contributed by atoms with van der Waals surface area (Å²) in [7, 11) is -1.08. The van der Waals surface area contributed by atoms with Crippen LogP contribution in [0, 0.1) is 0 Å². The van der Waals surface area contributed by atoms with Crippen LogP contribution < -0.4 is 5.73 Å². The molecule has 0 saturated carbocycles. The predicted octanol–water partition coefficient (Wildman–Crippen LogP) is 1.54. The van der Waals surface area contributed by atoms with E-state index in [1.165, 1.54) is 5.51 Å². The van der Waals surface area contributed by atoms with E-state index in [9.17, 15) is 4.55 Å². The maximum atomic E-state index is 11.1. The van der Waals surface area contributed by atoms with E-state index in [0.29, 0.717) is 10.4 Å². The quantitative estimate of drug-likeness (QED) is 0.477. The molecule has 1 heterocycles. The normalized spacial score (nSPS) is 12.3. The second-order valence-electron chi connectivity index (χ2n) is 2.26. The number of nitrogens with two attached hydrogens (primary N) is 1. The van der Waals surface area contributed by atoms with Crippen LogP contribution in [-0.4, -0.2) is 9.54 Å². The Morgan fingerprint density at radius 1 is 1.45 bits per heavy atom. The number of aromatic nitrogens is 1. The smallest absolute Gasteiger partial charge is 0.229 e. The topological polar surface area (TPSA) is 62.0 Å². The standard InChI is InChI=1S/C7H6N2OS/c8-5-1-2-6-7(3-5)11(10)4-9-6/h1-4H,8H2. The van der Waals surface area contributed by atoms with E-state index >= 15 is 0 Å². The zero-order chi connectivity index (χ0) is 7.84. The number of benzene rings is 1. The summed E-state index contributed by atoms with van der Waals surface area (Å²) < 4.78 is 11.8. The fourth-order valence-corrected chi connectivity index (χ4v) is 1.86. The van der Waals surface area contributed by atoms with E-state index in [1.807, 2.05) is 0 Å². The average molecular weight is 166 g/mol. The summed E-state index contributed by atoms with van der Waals surface area (Å²) in [6.45, 7) is 0. The van der Waals surface area contributed by atoms with Crippen LogP contribution in [0.1, 0.15) is 0 Å².